The average Bonchev–Trinajstić information content (AvgIpc) is 3.28. The second-order valence-electron chi connectivity index (χ2n) is 7.15. The van der Waals surface area contributed by atoms with Gasteiger partial charge in [0.1, 0.15) is 30.4 Å². The van der Waals surface area contributed by atoms with Crippen molar-refractivity contribution in [1.82, 2.24) is 5.32 Å². The zero-order valence-corrected chi connectivity index (χ0v) is 17.5. The molecule has 2 aliphatic heterocycles. The van der Waals surface area contributed by atoms with Gasteiger partial charge < -0.3 is 33.8 Å². The molecule has 1 amide bonds. The summed E-state index contributed by atoms with van der Waals surface area (Å²) in [4.78, 5) is 24.1. The summed E-state index contributed by atoms with van der Waals surface area (Å²) >= 11 is 1.41. The number of amides is 1. The van der Waals surface area contributed by atoms with Crippen LogP contribution in [0.15, 0.2) is 58.0 Å². The van der Waals surface area contributed by atoms with Gasteiger partial charge in [-0.25, -0.2) is 4.79 Å². The largest absolute Gasteiger partial charge is 0.480 e. The molecule has 0 radical (unpaired) electrons. The van der Waals surface area contributed by atoms with Crippen molar-refractivity contribution in [2.45, 2.75) is 47.9 Å². The standard InChI is InChI=1S/C21H23NO8S/c1-12(23)22-17-19(27-11-16(24)25)18-15(10-28-20(30-18)14-8-5-9-26-14)29-21(17)31-13-6-3-2-4-7-13/h2-9,15,17-21H,10-11H2,1H3,(H,22,23)(H,24,25). The average molecular weight is 449 g/mol. The van der Waals surface area contributed by atoms with Gasteiger partial charge in [0.15, 0.2) is 5.76 Å². The summed E-state index contributed by atoms with van der Waals surface area (Å²) in [7, 11) is 0. The fourth-order valence-electron chi connectivity index (χ4n) is 3.63. The molecule has 2 aliphatic rings. The summed E-state index contributed by atoms with van der Waals surface area (Å²) in [6.07, 6.45) is -1.24. The molecule has 2 aromatic rings. The minimum Gasteiger partial charge on any atom is -0.480 e. The number of carbonyl (C=O) groups excluding carboxylic acids is 1. The van der Waals surface area contributed by atoms with Gasteiger partial charge in [-0.3, -0.25) is 4.79 Å². The van der Waals surface area contributed by atoms with Gasteiger partial charge in [0.05, 0.1) is 18.9 Å². The minimum absolute atomic E-state index is 0.196. The number of carboxylic acid groups (broad SMARTS) is 1. The van der Waals surface area contributed by atoms with Crippen molar-refractivity contribution in [3.63, 3.8) is 0 Å². The van der Waals surface area contributed by atoms with Gasteiger partial charge in [0.2, 0.25) is 12.2 Å². The third-order valence-corrected chi connectivity index (χ3v) is 6.06. The molecule has 0 aliphatic carbocycles. The summed E-state index contributed by atoms with van der Waals surface area (Å²) in [5, 5.41) is 12.0. The van der Waals surface area contributed by atoms with Crippen molar-refractivity contribution in [3.05, 3.63) is 54.5 Å². The fraction of sp³-hybridized carbons (Fsp3) is 0.429. The van der Waals surface area contributed by atoms with Crippen LogP contribution >= 0.6 is 11.8 Å². The Bertz CT molecular complexity index is 877. The highest BCUT2D eigenvalue weighted by molar-refractivity contribution is 7.99. The van der Waals surface area contributed by atoms with E-state index in [2.05, 4.69) is 5.32 Å². The summed E-state index contributed by atoms with van der Waals surface area (Å²) in [6, 6.07) is 12.4. The first-order valence-electron chi connectivity index (χ1n) is 9.79. The van der Waals surface area contributed by atoms with Crippen molar-refractivity contribution in [1.29, 1.82) is 0 Å². The molecule has 6 atom stereocenters. The molecule has 4 rings (SSSR count). The summed E-state index contributed by atoms with van der Waals surface area (Å²) in [5.41, 5.74) is -0.543. The number of aliphatic carboxylic acids is 1. The molecule has 2 saturated heterocycles. The van der Waals surface area contributed by atoms with E-state index in [0.717, 1.165) is 4.90 Å². The van der Waals surface area contributed by atoms with E-state index in [1.54, 1.807) is 12.1 Å². The van der Waals surface area contributed by atoms with E-state index in [4.69, 9.17) is 23.4 Å². The van der Waals surface area contributed by atoms with Crippen LogP contribution in [0.2, 0.25) is 0 Å². The zero-order chi connectivity index (χ0) is 21.8. The SMILES string of the molecule is CC(=O)NC1C(Sc2ccccc2)OC2COC(c3ccco3)OC2C1OCC(=O)O. The number of carbonyl (C=O) groups is 2. The molecule has 1 aromatic heterocycles. The Morgan fingerprint density at radius 3 is 2.68 bits per heavy atom. The number of ether oxygens (including phenoxy) is 4. The molecule has 6 unspecified atom stereocenters. The van der Waals surface area contributed by atoms with Crippen molar-refractivity contribution in [2.24, 2.45) is 0 Å². The Kier molecular flexibility index (Phi) is 6.93. The lowest BCUT2D eigenvalue weighted by Gasteiger charge is -2.48. The minimum atomic E-state index is -1.12. The third kappa shape index (κ3) is 5.28. The van der Waals surface area contributed by atoms with Crippen LogP contribution in [0.4, 0.5) is 0 Å². The van der Waals surface area contributed by atoms with E-state index < -0.39 is 48.7 Å². The number of nitrogens with one attached hydrogen (secondary N) is 1. The third-order valence-electron chi connectivity index (χ3n) is 4.88. The smallest absolute Gasteiger partial charge is 0.329 e. The predicted octanol–water partition coefficient (Wildman–Crippen LogP) is 2.19. The highest BCUT2D eigenvalue weighted by Gasteiger charge is 2.51. The van der Waals surface area contributed by atoms with E-state index in [1.807, 2.05) is 30.3 Å². The second kappa shape index (κ2) is 9.84. The van der Waals surface area contributed by atoms with Crippen molar-refractivity contribution >= 4 is 23.6 Å². The fourth-order valence-corrected chi connectivity index (χ4v) is 4.78. The van der Waals surface area contributed by atoms with Gasteiger partial charge in [-0.2, -0.15) is 0 Å². The number of hydrogen-bond donors (Lipinski definition) is 2. The topological polar surface area (TPSA) is 116 Å². The first kappa shape index (κ1) is 21.8. The Labute approximate surface area is 183 Å². The Morgan fingerprint density at radius 1 is 1.19 bits per heavy atom. The maximum Gasteiger partial charge on any atom is 0.329 e. The zero-order valence-electron chi connectivity index (χ0n) is 16.7. The Balaban J connectivity index is 1.61. The number of benzene rings is 1. The molecule has 2 fully saturated rings. The highest BCUT2D eigenvalue weighted by Crippen LogP contribution is 2.40. The first-order chi connectivity index (χ1) is 15.0. The van der Waals surface area contributed by atoms with Crippen LogP contribution in [0.5, 0.6) is 0 Å². The lowest BCUT2D eigenvalue weighted by Crippen LogP contribution is -2.66. The molecule has 0 bridgehead atoms. The monoisotopic (exact) mass is 449 g/mol. The van der Waals surface area contributed by atoms with E-state index in [9.17, 15) is 14.7 Å². The molecule has 0 spiro atoms. The van der Waals surface area contributed by atoms with Crippen LogP contribution in [-0.2, 0) is 28.5 Å². The summed E-state index contributed by atoms with van der Waals surface area (Å²) in [6.45, 7) is 1.05. The maximum absolute atomic E-state index is 12.0. The van der Waals surface area contributed by atoms with Crippen LogP contribution in [0.3, 0.4) is 0 Å². The molecule has 10 heteroatoms. The molecule has 9 nitrogen and oxygen atoms in total. The molecule has 1 aromatic carbocycles. The van der Waals surface area contributed by atoms with Gasteiger partial charge in [-0.15, -0.1) is 0 Å². The number of rotatable bonds is 7. The second-order valence-corrected chi connectivity index (χ2v) is 8.32. The quantitative estimate of drug-likeness (QED) is 0.656. The summed E-state index contributed by atoms with van der Waals surface area (Å²) < 4.78 is 29.2. The lowest BCUT2D eigenvalue weighted by molar-refractivity contribution is -0.314. The number of carboxylic acids is 1. The Morgan fingerprint density at radius 2 is 2.00 bits per heavy atom. The van der Waals surface area contributed by atoms with E-state index in [-0.39, 0.29) is 12.5 Å². The van der Waals surface area contributed by atoms with E-state index in [0.29, 0.717) is 5.76 Å². The number of fused-ring (bicyclic) bond motifs is 1. The van der Waals surface area contributed by atoms with E-state index >= 15 is 0 Å². The van der Waals surface area contributed by atoms with Gasteiger partial charge >= 0.3 is 5.97 Å². The Hall–Kier alpha value is -2.37. The molecule has 31 heavy (non-hydrogen) atoms. The number of thioether (sulfide) groups is 1. The van der Waals surface area contributed by atoms with Gasteiger partial charge in [0, 0.05) is 11.8 Å². The molecular formula is C21H23NO8S. The molecule has 166 valence electrons. The lowest BCUT2D eigenvalue weighted by atomic mass is 9.96. The van der Waals surface area contributed by atoms with Crippen LogP contribution in [0, 0.1) is 0 Å². The molecular weight excluding hydrogens is 426 g/mol. The van der Waals surface area contributed by atoms with Crippen molar-refractivity contribution in [2.75, 3.05) is 13.2 Å². The molecule has 2 N–H and O–H groups in total. The highest BCUT2D eigenvalue weighted by atomic mass is 32.2. The van der Waals surface area contributed by atoms with Crippen molar-refractivity contribution < 1.29 is 38.1 Å². The van der Waals surface area contributed by atoms with E-state index in [1.165, 1.54) is 24.9 Å². The first-order valence-corrected chi connectivity index (χ1v) is 10.7. The van der Waals surface area contributed by atoms with Gasteiger partial charge in [-0.05, 0) is 24.3 Å². The predicted molar refractivity (Wildman–Crippen MR) is 108 cm³/mol. The van der Waals surface area contributed by atoms with Crippen molar-refractivity contribution in [3.8, 4) is 0 Å². The van der Waals surface area contributed by atoms with Crippen LogP contribution in [0.1, 0.15) is 19.0 Å². The van der Waals surface area contributed by atoms with Gasteiger partial charge in [0.25, 0.3) is 0 Å². The normalized spacial score (nSPS) is 30.4. The number of furan rings is 1. The molecule has 0 saturated carbocycles. The maximum atomic E-state index is 12.0. The van der Waals surface area contributed by atoms with Crippen LogP contribution < -0.4 is 5.32 Å². The van der Waals surface area contributed by atoms with Crippen LogP contribution in [0.25, 0.3) is 0 Å². The van der Waals surface area contributed by atoms with Crippen LogP contribution in [-0.4, -0.2) is 60.0 Å². The summed E-state index contributed by atoms with van der Waals surface area (Å²) in [5.74, 6) is -0.928. The number of hydrogen-bond acceptors (Lipinski definition) is 8. The van der Waals surface area contributed by atoms with Gasteiger partial charge in [-0.1, -0.05) is 30.0 Å². The molecule has 3 heterocycles.